The Morgan fingerprint density at radius 1 is 0.696 bits per heavy atom. The number of aromatic nitrogens is 4. The molecule has 4 heterocycles. The van der Waals surface area contributed by atoms with Crippen LogP contribution in [0, 0.1) is 13.8 Å². The highest BCUT2D eigenvalue weighted by atomic mass is 16.3. The second-order valence-electron chi connectivity index (χ2n) is 12.9. The molecule has 4 aromatic carbocycles. The van der Waals surface area contributed by atoms with Crippen molar-refractivity contribution in [1.82, 2.24) is 15.0 Å². The summed E-state index contributed by atoms with van der Waals surface area (Å²) in [5.74, 6) is 1.29. The quantitative estimate of drug-likeness (QED) is 0.179. The van der Waals surface area contributed by atoms with Crippen molar-refractivity contribution in [2.24, 2.45) is 7.05 Å². The molecule has 46 heavy (non-hydrogen) atoms. The molecule has 0 bridgehead atoms. The van der Waals surface area contributed by atoms with Crippen LogP contribution in [0.1, 0.15) is 36.1 Å². The third-order valence-corrected chi connectivity index (χ3v) is 9.44. The summed E-state index contributed by atoms with van der Waals surface area (Å²) in [6, 6.07) is 37.7. The summed E-state index contributed by atoms with van der Waals surface area (Å²) in [6.07, 6.45) is 2.18. The van der Waals surface area contributed by atoms with Crippen molar-refractivity contribution < 1.29 is 8.98 Å². The van der Waals surface area contributed by atoms with Crippen LogP contribution in [0.3, 0.4) is 0 Å². The monoisotopic (exact) mass is 597 g/mol. The summed E-state index contributed by atoms with van der Waals surface area (Å²) in [5, 5.41) is 1.15. The molecule has 8 rings (SSSR count). The van der Waals surface area contributed by atoms with E-state index in [-0.39, 0.29) is 12.1 Å². The second-order valence-corrected chi connectivity index (χ2v) is 12.9. The second kappa shape index (κ2) is 10.6. The van der Waals surface area contributed by atoms with Crippen LogP contribution in [0.25, 0.3) is 45.0 Å². The first-order valence-electron chi connectivity index (χ1n) is 15.8. The molecule has 222 valence electrons. The summed E-state index contributed by atoms with van der Waals surface area (Å²) in [4.78, 5) is 15.4. The first-order valence-corrected chi connectivity index (χ1v) is 15.8. The highest BCUT2D eigenvalue weighted by molar-refractivity contribution is 6.95. The zero-order valence-electron chi connectivity index (χ0n) is 26.7. The van der Waals surface area contributed by atoms with Gasteiger partial charge in [0, 0.05) is 39.1 Å². The fourth-order valence-electron chi connectivity index (χ4n) is 7.28. The molecule has 0 saturated heterocycles. The Labute approximate surface area is 269 Å². The molecule has 0 radical (unpaired) electrons. The summed E-state index contributed by atoms with van der Waals surface area (Å²) < 4.78 is 9.24. The van der Waals surface area contributed by atoms with Gasteiger partial charge in [0.2, 0.25) is 5.69 Å². The minimum Gasteiger partial charge on any atom is -0.470 e. The number of furan rings is 1. The third kappa shape index (κ3) is 4.39. The molecule has 0 unspecified atom stereocenters. The summed E-state index contributed by atoms with van der Waals surface area (Å²) in [7, 11) is 2.12. The van der Waals surface area contributed by atoms with Gasteiger partial charge in [0.25, 0.3) is 0 Å². The van der Waals surface area contributed by atoms with E-state index in [9.17, 15) is 0 Å². The molecule has 0 N–H and O–H groups in total. The molecule has 0 fully saturated rings. The topological polar surface area (TPSA) is 55.7 Å². The van der Waals surface area contributed by atoms with Gasteiger partial charge in [-0.25, -0.2) is 19.5 Å². The van der Waals surface area contributed by atoms with E-state index >= 15 is 0 Å². The van der Waals surface area contributed by atoms with Crippen molar-refractivity contribution in [2.45, 2.75) is 33.1 Å². The molecule has 0 spiro atoms. The van der Waals surface area contributed by atoms with Gasteiger partial charge in [0.1, 0.15) is 18.4 Å². The van der Waals surface area contributed by atoms with Crippen molar-refractivity contribution >= 4 is 34.5 Å². The summed E-state index contributed by atoms with van der Waals surface area (Å²) in [6.45, 7) is 8.63. The molecule has 1 aliphatic rings. The molecule has 0 aliphatic carbocycles. The van der Waals surface area contributed by atoms with Crippen molar-refractivity contribution in [2.75, 3.05) is 0 Å². The maximum absolute atomic E-state index is 7.01. The number of aryl methyl sites for hydroxylation is 3. The van der Waals surface area contributed by atoms with E-state index in [0.717, 1.165) is 38.9 Å². The lowest BCUT2D eigenvalue weighted by molar-refractivity contribution is -0.660. The van der Waals surface area contributed by atoms with Crippen LogP contribution in [0.15, 0.2) is 120 Å². The molecule has 0 saturated carbocycles. The Morgan fingerprint density at radius 2 is 1.33 bits per heavy atom. The molecule has 0 amide bonds. The maximum atomic E-state index is 7.01. The van der Waals surface area contributed by atoms with Crippen molar-refractivity contribution in [1.29, 1.82) is 0 Å². The Hall–Kier alpha value is -5.36. The predicted molar refractivity (Wildman–Crippen MR) is 186 cm³/mol. The normalized spacial score (nSPS) is 13.5. The smallest absolute Gasteiger partial charge is 0.335 e. The Morgan fingerprint density at radius 3 is 1.98 bits per heavy atom. The Kier molecular flexibility index (Phi) is 6.50. The zero-order valence-corrected chi connectivity index (χ0v) is 26.7. The van der Waals surface area contributed by atoms with E-state index in [1.54, 1.807) is 0 Å². The van der Waals surface area contributed by atoms with E-state index in [1.165, 1.54) is 27.8 Å². The van der Waals surface area contributed by atoms with Crippen molar-refractivity contribution in [3.63, 3.8) is 0 Å². The highest BCUT2D eigenvalue weighted by Gasteiger charge is 2.47. The zero-order chi connectivity index (χ0) is 31.6. The lowest BCUT2D eigenvalue weighted by Gasteiger charge is -2.35. The number of hydrogen-bond acceptors (Lipinski definition) is 4. The van der Waals surface area contributed by atoms with Gasteiger partial charge >= 0.3 is 6.71 Å². The van der Waals surface area contributed by atoms with Crippen LogP contribution in [-0.4, -0.2) is 21.7 Å². The molecular formula is C40H34BN4O+. The lowest BCUT2D eigenvalue weighted by atomic mass is 9.36. The van der Waals surface area contributed by atoms with Gasteiger partial charge in [-0.1, -0.05) is 110 Å². The lowest BCUT2D eigenvalue weighted by Crippen LogP contribution is -2.61. The molecule has 0 atom stereocenters. The van der Waals surface area contributed by atoms with E-state index in [1.807, 2.05) is 36.4 Å². The first-order chi connectivity index (χ1) is 22.3. The Balaban J connectivity index is 1.46. The number of hydrogen-bond donors (Lipinski definition) is 0. The van der Waals surface area contributed by atoms with Crippen LogP contribution < -0.4 is 21.4 Å². The van der Waals surface area contributed by atoms with Crippen molar-refractivity contribution in [3.8, 4) is 34.0 Å². The predicted octanol–water partition coefficient (Wildman–Crippen LogP) is 6.22. The first kappa shape index (κ1) is 28.1. The van der Waals surface area contributed by atoms with Gasteiger partial charge in [0.05, 0.1) is 11.2 Å². The van der Waals surface area contributed by atoms with Gasteiger partial charge < -0.3 is 4.42 Å². The van der Waals surface area contributed by atoms with E-state index in [4.69, 9.17) is 19.4 Å². The molecule has 6 heteroatoms. The average molecular weight is 598 g/mol. The summed E-state index contributed by atoms with van der Waals surface area (Å²) in [5.41, 5.74) is 12.4. The van der Waals surface area contributed by atoms with E-state index in [2.05, 4.69) is 118 Å². The van der Waals surface area contributed by atoms with Crippen LogP contribution in [0.4, 0.5) is 0 Å². The molecule has 3 aromatic heterocycles. The molecule has 5 nitrogen and oxygen atoms in total. The fraction of sp³-hybridized carbons (Fsp3) is 0.150. The number of fused-ring (bicyclic) bond motifs is 4. The number of pyridine rings is 1. The molecule has 1 aliphatic heterocycles. The minimum absolute atomic E-state index is 0.320. The molecule has 7 aromatic rings. The van der Waals surface area contributed by atoms with Crippen LogP contribution in [0.5, 0.6) is 0 Å². The van der Waals surface area contributed by atoms with Crippen LogP contribution >= 0.6 is 0 Å². The Bertz CT molecular complexity index is 2220. The number of nitrogens with zero attached hydrogens (tertiary/aromatic N) is 4. The highest BCUT2D eigenvalue weighted by Crippen LogP contribution is 2.43. The van der Waals surface area contributed by atoms with E-state index in [0.29, 0.717) is 17.4 Å². The fourth-order valence-corrected chi connectivity index (χ4v) is 7.28. The van der Waals surface area contributed by atoms with Gasteiger partial charge in [0.15, 0.2) is 17.8 Å². The molecular weight excluding hydrogens is 563 g/mol. The van der Waals surface area contributed by atoms with Gasteiger partial charge in [-0.15, -0.1) is 0 Å². The maximum Gasteiger partial charge on any atom is 0.335 e. The third-order valence-electron chi connectivity index (χ3n) is 9.44. The van der Waals surface area contributed by atoms with Gasteiger partial charge in [-0.3, -0.25) is 0 Å². The SMILES string of the molecule is Cc1ccc(-c2c(C)ccc3oc4c(c23)C(C)(C)c2ccccc2B4c2nc(-c3ccccc3)nc(-c3ccccc3)n2)[n+](C)c1. The summed E-state index contributed by atoms with van der Waals surface area (Å²) >= 11 is 0. The van der Waals surface area contributed by atoms with Crippen molar-refractivity contribution in [3.05, 3.63) is 138 Å². The van der Waals surface area contributed by atoms with E-state index < -0.39 is 0 Å². The average Bonchev–Trinajstić information content (AvgIpc) is 3.46. The van der Waals surface area contributed by atoms with Crippen LogP contribution in [-0.2, 0) is 12.5 Å². The van der Waals surface area contributed by atoms with Crippen LogP contribution in [0.2, 0.25) is 0 Å². The number of rotatable bonds is 4. The number of benzene rings is 4. The minimum atomic E-state index is -0.336. The van der Waals surface area contributed by atoms with Gasteiger partial charge in [-0.05, 0) is 37.1 Å². The largest absolute Gasteiger partial charge is 0.470 e. The van der Waals surface area contributed by atoms with Gasteiger partial charge in [-0.2, -0.15) is 0 Å². The standard InChI is InChI=1S/C40H34BN4O/c1-25-20-22-31(45(5)24-25)33-26(2)21-23-32-34(33)35-36(46-32)41(30-19-13-12-18-29(30)40(35,3)4)39-43-37(27-14-8-6-9-15-27)42-38(44-39)28-16-10-7-11-17-28/h6-24H,1-5H3/q+1.